The number of nitrogens with zero attached hydrogens (tertiary/aromatic N) is 1. The summed E-state index contributed by atoms with van der Waals surface area (Å²) in [5.74, 6) is 0.290. The van der Waals surface area contributed by atoms with Gasteiger partial charge in [-0.3, -0.25) is 9.69 Å². The first-order valence-electron chi connectivity index (χ1n) is 11.8. The number of hydrogen-bond donors (Lipinski definition) is 1. The molecule has 170 valence electrons. The molecule has 2 aromatic carbocycles. The molecule has 0 radical (unpaired) electrons. The van der Waals surface area contributed by atoms with E-state index in [1.807, 2.05) is 13.0 Å². The van der Waals surface area contributed by atoms with Crippen molar-refractivity contribution in [3.8, 4) is 0 Å². The molecule has 0 bridgehead atoms. The minimum atomic E-state index is -0.135. The monoisotopic (exact) mass is 432 g/mol. The topological polar surface area (TPSA) is 45.5 Å². The second-order valence-electron chi connectivity index (χ2n) is 10.3. The van der Waals surface area contributed by atoms with E-state index >= 15 is 0 Å². The fourth-order valence-corrected chi connectivity index (χ4v) is 4.68. The van der Waals surface area contributed by atoms with Crippen LogP contribution in [0.15, 0.2) is 40.8 Å². The van der Waals surface area contributed by atoms with Gasteiger partial charge in [0, 0.05) is 17.5 Å². The minimum absolute atomic E-state index is 0.130. The Kier molecular flexibility index (Phi) is 6.17. The first-order chi connectivity index (χ1) is 15.1. The lowest BCUT2D eigenvalue weighted by molar-refractivity contribution is 0.0911. The predicted octanol–water partition coefficient (Wildman–Crippen LogP) is 6.22. The summed E-state index contributed by atoms with van der Waals surface area (Å²) in [5, 5.41) is 4.20. The van der Waals surface area contributed by atoms with Crippen LogP contribution in [0.4, 0.5) is 0 Å². The van der Waals surface area contributed by atoms with Crippen molar-refractivity contribution < 1.29 is 9.21 Å². The highest BCUT2D eigenvalue weighted by Crippen LogP contribution is 2.30. The van der Waals surface area contributed by atoms with Crippen LogP contribution in [-0.4, -0.2) is 30.4 Å². The maximum absolute atomic E-state index is 13.1. The predicted molar refractivity (Wildman–Crippen MR) is 131 cm³/mol. The molecule has 3 aromatic rings. The van der Waals surface area contributed by atoms with Crippen LogP contribution in [0.5, 0.6) is 0 Å². The number of hydrogen-bond acceptors (Lipinski definition) is 3. The van der Waals surface area contributed by atoms with Crippen molar-refractivity contribution in [1.29, 1.82) is 0 Å². The fraction of sp³-hybridized carbons (Fsp3) is 0.464. The lowest BCUT2D eigenvalue weighted by Crippen LogP contribution is -2.37. The van der Waals surface area contributed by atoms with Gasteiger partial charge < -0.3 is 9.73 Å². The first-order valence-corrected chi connectivity index (χ1v) is 11.8. The second kappa shape index (κ2) is 8.74. The van der Waals surface area contributed by atoms with Crippen molar-refractivity contribution in [2.45, 2.75) is 65.8 Å². The molecule has 1 aliphatic rings. The molecule has 1 fully saturated rings. The van der Waals surface area contributed by atoms with E-state index in [4.69, 9.17) is 4.42 Å². The largest absolute Gasteiger partial charge is 0.451 e. The van der Waals surface area contributed by atoms with Crippen LogP contribution < -0.4 is 5.32 Å². The Morgan fingerprint density at radius 2 is 1.66 bits per heavy atom. The van der Waals surface area contributed by atoms with Crippen molar-refractivity contribution in [3.05, 3.63) is 70.0 Å². The number of fused-ring (bicyclic) bond motifs is 1. The number of benzene rings is 2. The Balaban J connectivity index is 1.55. The van der Waals surface area contributed by atoms with Crippen molar-refractivity contribution in [2.75, 3.05) is 19.6 Å². The first kappa shape index (κ1) is 22.6. The van der Waals surface area contributed by atoms with Gasteiger partial charge in [0.2, 0.25) is 0 Å². The quantitative estimate of drug-likeness (QED) is 0.520. The standard InChI is InChI=1S/C28H36N2O2/c1-18-15-23-20(3)26(32-25(23)16-19(18)2)27(31)29-17-24(30-13-7-8-14-30)21-9-11-22(12-10-21)28(4,5)6/h9-12,15-16,24H,7-8,13-14,17H2,1-6H3,(H,29,31). The van der Waals surface area contributed by atoms with E-state index in [2.05, 4.69) is 75.2 Å². The van der Waals surface area contributed by atoms with E-state index in [1.165, 1.54) is 35.1 Å². The summed E-state index contributed by atoms with van der Waals surface area (Å²) in [7, 11) is 0. The average Bonchev–Trinajstić information content (AvgIpc) is 3.37. The van der Waals surface area contributed by atoms with Gasteiger partial charge in [0.05, 0.1) is 6.04 Å². The molecule has 0 saturated carbocycles. The molecule has 0 spiro atoms. The zero-order chi connectivity index (χ0) is 23.0. The van der Waals surface area contributed by atoms with Crippen LogP contribution in [0.1, 0.15) is 78.0 Å². The van der Waals surface area contributed by atoms with Crippen molar-refractivity contribution in [1.82, 2.24) is 10.2 Å². The Labute approximate surface area is 192 Å². The number of carbonyl (C=O) groups excluding carboxylic acids is 1. The van der Waals surface area contributed by atoms with Crippen molar-refractivity contribution in [2.24, 2.45) is 0 Å². The van der Waals surface area contributed by atoms with E-state index in [0.717, 1.165) is 29.6 Å². The zero-order valence-electron chi connectivity index (χ0n) is 20.3. The molecule has 1 aliphatic heterocycles. The smallest absolute Gasteiger partial charge is 0.287 e. The third-order valence-electron chi connectivity index (χ3n) is 6.96. The van der Waals surface area contributed by atoms with E-state index in [-0.39, 0.29) is 17.4 Å². The Bertz CT molecular complexity index is 1110. The molecule has 1 atom stereocenters. The van der Waals surface area contributed by atoms with Crippen LogP contribution in [0, 0.1) is 20.8 Å². The Hall–Kier alpha value is -2.59. The molecule has 1 aromatic heterocycles. The number of rotatable bonds is 5. The van der Waals surface area contributed by atoms with E-state index in [1.54, 1.807) is 0 Å². The molecule has 0 aliphatic carbocycles. The van der Waals surface area contributed by atoms with Crippen molar-refractivity contribution in [3.63, 3.8) is 0 Å². The summed E-state index contributed by atoms with van der Waals surface area (Å²) in [4.78, 5) is 15.6. The highest BCUT2D eigenvalue weighted by atomic mass is 16.3. The minimum Gasteiger partial charge on any atom is -0.451 e. The molecule has 1 unspecified atom stereocenters. The fourth-order valence-electron chi connectivity index (χ4n) is 4.68. The lowest BCUT2D eigenvalue weighted by Gasteiger charge is -2.29. The highest BCUT2D eigenvalue weighted by Gasteiger charge is 2.26. The molecule has 1 saturated heterocycles. The van der Waals surface area contributed by atoms with Gasteiger partial charge in [0.15, 0.2) is 5.76 Å². The van der Waals surface area contributed by atoms with Crippen LogP contribution in [0.3, 0.4) is 0 Å². The third kappa shape index (κ3) is 4.47. The SMILES string of the molecule is Cc1cc2oc(C(=O)NCC(c3ccc(C(C)(C)C)cc3)N3CCCC3)c(C)c2cc1C. The molecule has 32 heavy (non-hydrogen) atoms. The molecule has 4 rings (SSSR count). The maximum Gasteiger partial charge on any atom is 0.287 e. The zero-order valence-corrected chi connectivity index (χ0v) is 20.3. The third-order valence-corrected chi connectivity index (χ3v) is 6.96. The van der Waals surface area contributed by atoms with Crippen LogP contribution >= 0.6 is 0 Å². The maximum atomic E-state index is 13.1. The van der Waals surface area contributed by atoms with Gasteiger partial charge in [-0.05, 0) is 86.5 Å². The molecule has 2 heterocycles. The number of amides is 1. The number of nitrogens with one attached hydrogen (secondary N) is 1. The van der Waals surface area contributed by atoms with E-state index in [9.17, 15) is 4.79 Å². The normalized spacial score (nSPS) is 15.9. The summed E-state index contributed by atoms with van der Waals surface area (Å²) in [6.45, 7) is 15.6. The molecular weight excluding hydrogens is 396 g/mol. The summed E-state index contributed by atoms with van der Waals surface area (Å²) >= 11 is 0. The summed E-state index contributed by atoms with van der Waals surface area (Å²) in [6.07, 6.45) is 2.43. The summed E-state index contributed by atoms with van der Waals surface area (Å²) in [6, 6.07) is 13.2. The van der Waals surface area contributed by atoms with Gasteiger partial charge >= 0.3 is 0 Å². The van der Waals surface area contributed by atoms with Gasteiger partial charge in [-0.15, -0.1) is 0 Å². The van der Waals surface area contributed by atoms with Crippen LogP contribution in [0.25, 0.3) is 11.0 Å². The van der Waals surface area contributed by atoms with Crippen molar-refractivity contribution >= 4 is 16.9 Å². The van der Waals surface area contributed by atoms with Gasteiger partial charge in [0.1, 0.15) is 5.58 Å². The van der Waals surface area contributed by atoms with Gasteiger partial charge in [0.25, 0.3) is 5.91 Å². The molecule has 1 N–H and O–H groups in total. The molecule has 1 amide bonds. The molecular formula is C28H36N2O2. The summed E-state index contributed by atoms with van der Waals surface area (Å²) in [5.41, 5.74) is 6.79. The average molecular weight is 433 g/mol. The summed E-state index contributed by atoms with van der Waals surface area (Å²) < 4.78 is 5.99. The molecule has 4 nitrogen and oxygen atoms in total. The van der Waals surface area contributed by atoms with Crippen LogP contribution in [0.2, 0.25) is 0 Å². The number of furan rings is 1. The number of carbonyl (C=O) groups is 1. The van der Waals surface area contributed by atoms with E-state index < -0.39 is 0 Å². The Morgan fingerprint density at radius 1 is 1.03 bits per heavy atom. The Morgan fingerprint density at radius 3 is 2.28 bits per heavy atom. The van der Waals surface area contributed by atoms with E-state index in [0.29, 0.717) is 12.3 Å². The number of likely N-dealkylation sites (tertiary alicyclic amines) is 1. The highest BCUT2D eigenvalue weighted by molar-refractivity contribution is 5.99. The van der Waals surface area contributed by atoms with Gasteiger partial charge in [-0.25, -0.2) is 0 Å². The van der Waals surface area contributed by atoms with Gasteiger partial charge in [-0.1, -0.05) is 45.0 Å². The lowest BCUT2D eigenvalue weighted by atomic mass is 9.86. The van der Waals surface area contributed by atoms with Crippen LogP contribution in [-0.2, 0) is 5.41 Å². The van der Waals surface area contributed by atoms with Gasteiger partial charge in [-0.2, -0.15) is 0 Å². The molecule has 4 heteroatoms. The number of aryl methyl sites for hydroxylation is 3. The second-order valence-corrected chi connectivity index (χ2v) is 10.3.